The third-order valence-electron chi connectivity index (χ3n) is 5.67. The Labute approximate surface area is 222 Å². The van der Waals surface area contributed by atoms with Gasteiger partial charge in [0.15, 0.2) is 16.6 Å². The number of aromatic nitrogens is 1. The van der Waals surface area contributed by atoms with Gasteiger partial charge < -0.3 is 14.8 Å². The van der Waals surface area contributed by atoms with Crippen LogP contribution in [0.25, 0.3) is 17.3 Å². The van der Waals surface area contributed by atoms with Gasteiger partial charge in [0.1, 0.15) is 4.32 Å². The molecule has 2 amide bonds. The summed E-state index contributed by atoms with van der Waals surface area (Å²) in [5, 5.41) is 5.42. The van der Waals surface area contributed by atoms with E-state index in [0.29, 0.717) is 38.8 Å². The summed E-state index contributed by atoms with van der Waals surface area (Å²) < 4.78 is 11.3. The lowest BCUT2D eigenvalue weighted by atomic mass is 10.1. The second-order valence-electron chi connectivity index (χ2n) is 8.21. The van der Waals surface area contributed by atoms with Gasteiger partial charge in [-0.25, -0.2) is 4.98 Å². The standard InChI is InChI=1S/C26H23N3O4S3/c30-23(28-25-27-19(15-35-25)18-7-3-1-4-8-18)9-5-2-6-12-29-24(31)22(36-26(29)34)14-17-10-11-20-21(13-17)33-16-32-20/h1,3-4,7-8,10-11,13-15H,2,5-6,9,12,16H2,(H,27,28,30)/b22-14-. The van der Waals surface area contributed by atoms with Crippen LogP contribution in [0.15, 0.2) is 58.8 Å². The van der Waals surface area contributed by atoms with Gasteiger partial charge >= 0.3 is 0 Å². The summed E-state index contributed by atoms with van der Waals surface area (Å²) in [4.78, 5) is 31.9. The summed E-state index contributed by atoms with van der Waals surface area (Å²) in [5.74, 6) is 1.24. The van der Waals surface area contributed by atoms with E-state index in [4.69, 9.17) is 21.7 Å². The van der Waals surface area contributed by atoms with Crippen LogP contribution < -0.4 is 14.8 Å². The van der Waals surface area contributed by atoms with Crippen molar-refractivity contribution in [3.8, 4) is 22.8 Å². The van der Waals surface area contributed by atoms with Crippen molar-refractivity contribution < 1.29 is 19.1 Å². The number of carbonyl (C=O) groups excluding carboxylic acids is 2. The molecule has 0 unspecified atom stereocenters. The average molecular weight is 538 g/mol. The molecular weight excluding hydrogens is 515 g/mol. The number of thiazole rings is 1. The van der Waals surface area contributed by atoms with Gasteiger partial charge in [-0.15, -0.1) is 11.3 Å². The van der Waals surface area contributed by atoms with E-state index in [2.05, 4.69) is 10.3 Å². The molecule has 5 rings (SSSR count). The molecule has 0 spiro atoms. The van der Waals surface area contributed by atoms with Crippen molar-refractivity contribution in [1.29, 1.82) is 0 Å². The van der Waals surface area contributed by atoms with Crippen LogP contribution in [-0.4, -0.2) is 39.4 Å². The number of nitrogens with zero attached hydrogens (tertiary/aromatic N) is 2. The lowest BCUT2D eigenvalue weighted by molar-refractivity contribution is -0.122. The third kappa shape index (κ3) is 5.77. The Kier molecular flexibility index (Phi) is 7.64. The first-order chi connectivity index (χ1) is 17.6. The molecule has 2 aliphatic heterocycles. The van der Waals surface area contributed by atoms with Crippen molar-refractivity contribution in [3.05, 3.63) is 64.4 Å². The normalized spacial score (nSPS) is 15.7. The molecule has 1 aromatic heterocycles. The van der Waals surface area contributed by atoms with E-state index in [1.54, 1.807) is 4.90 Å². The molecule has 0 aliphatic carbocycles. The molecule has 1 fully saturated rings. The zero-order valence-electron chi connectivity index (χ0n) is 19.3. The number of hydrogen-bond donors (Lipinski definition) is 1. The number of thioether (sulfide) groups is 1. The van der Waals surface area contributed by atoms with Gasteiger partial charge in [0.25, 0.3) is 5.91 Å². The van der Waals surface area contributed by atoms with E-state index >= 15 is 0 Å². The van der Waals surface area contributed by atoms with Crippen LogP contribution >= 0.6 is 35.3 Å². The number of thiocarbonyl (C=S) groups is 1. The van der Waals surface area contributed by atoms with E-state index < -0.39 is 0 Å². The highest BCUT2D eigenvalue weighted by atomic mass is 32.2. The molecular formula is C26H23N3O4S3. The highest BCUT2D eigenvalue weighted by molar-refractivity contribution is 8.26. The molecule has 36 heavy (non-hydrogen) atoms. The Hall–Kier alpha value is -3.21. The average Bonchev–Trinajstić information content (AvgIpc) is 3.60. The maximum absolute atomic E-state index is 12.9. The molecule has 1 N–H and O–H groups in total. The fraction of sp³-hybridized carbons (Fsp3) is 0.231. The van der Waals surface area contributed by atoms with Gasteiger partial charge in [0.05, 0.1) is 10.6 Å². The fourth-order valence-electron chi connectivity index (χ4n) is 3.83. The second kappa shape index (κ2) is 11.2. The van der Waals surface area contributed by atoms with Crippen molar-refractivity contribution in [2.24, 2.45) is 0 Å². The van der Waals surface area contributed by atoms with Crippen LogP contribution in [0.5, 0.6) is 11.5 Å². The Morgan fingerprint density at radius 1 is 1.11 bits per heavy atom. The maximum Gasteiger partial charge on any atom is 0.266 e. The molecule has 3 heterocycles. The first kappa shape index (κ1) is 24.5. The number of hydrogen-bond acceptors (Lipinski definition) is 8. The largest absolute Gasteiger partial charge is 0.454 e. The number of rotatable bonds is 9. The molecule has 1 saturated heterocycles. The Morgan fingerprint density at radius 2 is 1.94 bits per heavy atom. The number of benzene rings is 2. The molecule has 184 valence electrons. The fourth-order valence-corrected chi connectivity index (χ4v) is 5.88. The lowest BCUT2D eigenvalue weighted by Gasteiger charge is -2.14. The van der Waals surface area contributed by atoms with Gasteiger partial charge in [-0.3, -0.25) is 14.5 Å². The number of amides is 2. The first-order valence-electron chi connectivity index (χ1n) is 11.5. The minimum atomic E-state index is -0.0848. The van der Waals surface area contributed by atoms with Crippen LogP contribution in [-0.2, 0) is 9.59 Å². The SMILES string of the molecule is O=C(CCCCCN1C(=O)/C(=C/c2ccc3c(c2)OCO3)SC1=S)Nc1nc(-c2ccccc2)cs1. The molecule has 0 bridgehead atoms. The number of ether oxygens (including phenoxy) is 2. The summed E-state index contributed by atoms with van der Waals surface area (Å²) in [5.41, 5.74) is 2.74. The molecule has 7 nitrogen and oxygen atoms in total. The predicted octanol–water partition coefficient (Wildman–Crippen LogP) is 5.94. The summed E-state index contributed by atoms with van der Waals surface area (Å²) in [7, 11) is 0. The minimum absolute atomic E-state index is 0.0544. The highest BCUT2D eigenvalue weighted by Gasteiger charge is 2.31. The van der Waals surface area contributed by atoms with Crippen molar-refractivity contribution in [2.75, 3.05) is 18.7 Å². The molecule has 0 saturated carbocycles. The maximum atomic E-state index is 12.9. The predicted molar refractivity (Wildman–Crippen MR) is 147 cm³/mol. The monoisotopic (exact) mass is 537 g/mol. The summed E-state index contributed by atoms with van der Waals surface area (Å²) in [6.07, 6.45) is 4.55. The first-order valence-corrected chi connectivity index (χ1v) is 13.6. The third-order valence-corrected chi connectivity index (χ3v) is 7.81. The lowest BCUT2D eigenvalue weighted by Crippen LogP contribution is -2.29. The van der Waals surface area contributed by atoms with Gasteiger partial charge in [-0.05, 0) is 36.6 Å². The molecule has 0 radical (unpaired) electrons. The smallest absolute Gasteiger partial charge is 0.266 e. The van der Waals surface area contributed by atoms with E-state index in [1.807, 2.05) is 60.0 Å². The number of fused-ring (bicyclic) bond motifs is 1. The van der Waals surface area contributed by atoms with Gasteiger partial charge in [0.2, 0.25) is 12.7 Å². The van der Waals surface area contributed by atoms with Crippen LogP contribution in [0.3, 0.4) is 0 Å². The molecule has 3 aromatic rings. The second-order valence-corrected chi connectivity index (χ2v) is 10.7. The quantitative estimate of drug-likeness (QED) is 0.206. The van der Waals surface area contributed by atoms with Crippen LogP contribution in [0.2, 0.25) is 0 Å². The van der Waals surface area contributed by atoms with Gasteiger partial charge in [0, 0.05) is 23.9 Å². The highest BCUT2D eigenvalue weighted by Crippen LogP contribution is 2.36. The number of anilines is 1. The van der Waals surface area contributed by atoms with Crippen molar-refractivity contribution >= 4 is 62.7 Å². The molecule has 10 heteroatoms. The van der Waals surface area contributed by atoms with Crippen LogP contribution in [0.4, 0.5) is 5.13 Å². The summed E-state index contributed by atoms with van der Waals surface area (Å²) in [6.45, 7) is 0.750. The zero-order chi connectivity index (χ0) is 24.9. The Morgan fingerprint density at radius 3 is 2.81 bits per heavy atom. The summed E-state index contributed by atoms with van der Waals surface area (Å²) >= 11 is 8.16. The van der Waals surface area contributed by atoms with Crippen molar-refractivity contribution in [2.45, 2.75) is 25.7 Å². The summed E-state index contributed by atoms with van der Waals surface area (Å²) in [6, 6.07) is 15.4. The van der Waals surface area contributed by atoms with Crippen LogP contribution in [0.1, 0.15) is 31.2 Å². The molecule has 2 aromatic carbocycles. The molecule has 2 aliphatic rings. The van der Waals surface area contributed by atoms with Crippen molar-refractivity contribution in [1.82, 2.24) is 9.88 Å². The molecule has 0 atom stereocenters. The van der Waals surface area contributed by atoms with E-state index in [1.165, 1.54) is 23.1 Å². The number of carbonyl (C=O) groups is 2. The van der Waals surface area contributed by atoms with E-state index in [9.17, 15) is 9.59 Å². The Bertz CT molecular complexity index is 1320. The van der Waals surface area contributed by atoms with Gasteiger partial charge in [-0.2, -0.15) is 0 Å². The van der Waals surface area contributed by atoms with Gasteiger partial charge in [-0.1, -0.05) is 66.8 Å². The van der Waals surface area contributed by atoms with E-state index in [-0.39, 0.29) is 18.6 Å². The Balaban J connectivity index is 1.05. The number of unbranched alkanes of at least 4 members (excludes halogenated alkanes) is 2. The minimum Gasteiger partial charge on any atom is -0.454 e. The zero-order valence-corrected chi connectivity index (χ0v) is 21.7. The number of nitrogens with one attached hydrogen (secondary N) is 1. The van der Waals surface area contributed by atoms with E-state index in [0.717, 1.165) is 36.1 Å². The topological polar surface area (TPSA) is 80.8 Å². The van der Waals surface area contributed by atoms with Crippen molar-refractivity contribution in [3.63, 3.8) is 0 Å². The van der Waals surface area contributed by atoms with Crippen LogP contribution in [0, 0.1) is 0 Å².